The second-order valence-corrected chi connectivity index (χ2v) is 6.19. The van der Waals surface area contributed by atoms with E-state index in [1.165, 1.54) is 0 Å². The Balaban J connectivity index is 1.85. The minimum atomic E-state index is 0.145. The minimum absolute atomic E-state index is 0.145. The molecule has 0 unspecified atom stereocenters. The topological polar surface area (TPSA) is 56.8 Å². The first-order valence-corrected chi connectivity index (χ1v) is 8.09. The summed E-state index contributed by atoms with van der Waals surface area (Å²) in [5.41, 5.74) is 2.10. The monoisotopic (exact) mass is 318 g/mol. The predicted octanol–water partition coefficient (Wildman–Crippen LogP) is 1.16. The van der Waals surface area contributed by atoms with Gasteiger partial charge < -0.3 is 14.7 Å². The van der Waals surface area contributed by atoms with E-state index in [0.717, 1.165) is 50.6 Å². The lowest BCUT2D eigenvalue weighted by atomic mass is 10.2. The fourth-order valence-corrected chi connectivity index (χ4v) is 2.68. The molecule has 6 heteroatoms. The number of pyridine rings is 1. The van der Waals surface area contributed by atoms with Crippen LogP contribution in [0.25, 0.3) is 0 Å². The van der Waals surface area contributed by atoms with E-state index in [-0.39, 0.29) is 11.7 Å². The van der Waals surface area contributed by atoms with Crippen molar-refractivity contribution in [2.75, 3.05) is 44.7 Å². The zero-order valence-corrected chi connectivity index (χ0v) is 14.3. The number of piperazine rings is 1. The lowest BCUT2D eigenvalue weighted by Gasteiger charge is -2.35. The summed E-state index contributed by atoms with van der Waals surface area (Å²) in [4.78, 5) is 33.1. The summed E-state index contributed by atoms with van der Waals surface area (Å²) in [5.74, 6) is 0.358. The van der Waals surface area contributed by atoms with Crippen LogP contribution in [-0.2, 0) is 16.1 Å². The summed E-state index contributed by atoms with van der Waals surface area (Å²) in [6, 6.07) is 4.13. The van der Waals surface area contributed by atoms with Crippen molar-refractivity contribution in [2.24, 2.45) is 0 Å². The number of hydrogen-bond donors (Lipinski definition) is 0. The summed E-state index contributed by atoms with van der Waals surface area (Å²) >= 11 is 0. The van der Waals surface area contributed by atoms with Crippen molar-refractivity contribution in [3.63, 3.8) is 0 Å². The van der Waals surface area contributed by atoms with Crippen molar-refractivity contribution in [1.29, 1.82) is 0 Å². The molecule has 23 heavy (non-hydrogen) atoms. The number of ketones is 1. The molecule has 1 saturated heterocycles. The van der Waals surface area contributed by atoms with Crippen LogP contribution in [0.3, 0.4) is 0 Å². The van der Waals surface area contributed by atoms with Gasteiger partial charge in [-0.05, 0) is 26.1 Å². The van der Waals surface area contributed by atoms with Crippen LogP contribution in [0, 0.1) is 0 Å². The smallest absolute Gasteiger partial charge is 0.219 e. The average molecular weight is 318 g/mol. The van der Waals surface area contributed by atoms with Crippen molar-refractivity contribution >= 4 is 17.4 Å². The van der Waals surface area contributed by atoms with Crippen molar-refractivity contribution in [1.82, 2.24) is 14.8 Å². The molecule has 1 amide bonds. The second kappa shape index (κ2) is 8.06. The molecular formula is C17H26N4O2. The van der Waals surface area contributed by atoms with Crippen LogP contribution in [0.15, 0.2) is 18.3 Å². The van der Waals surface area contributed by atoms with Gasteiger partial charge in [0.15, 0.2) is 0 Å². The third-order valence-electron chi connectivity index (χ3n) is 4.18. The standard InChI is InChI=1S/C17H26N4O2/c1-14(22)6-7-19(3)13-16-4-5-17(12-18-16)21-10-8-20(9-11-21)15(2)23/h4-5,12H,6-11,13H2,1-3H3. The lowest BCUT2D eigenvalue weighted by Crippen LogP contribution is -2.48. The van der Waals surface area contributed by atoms with E-state index in [9.17, 15) is 9.59 Å². The zero-order chi connectivity index (χ0) is 16.8. The van der Waals surface area contributed by atoms with Crippen LogP contribution in [0.2, 0.25) is 0 Å². The molecule has 0 saturated carbocycles. The van der Waals surface area contributed by atoms with Gasteiger partial charge in [-0.25, -0.2) is 0 Å². The first-order valence-electron chi connectivity index (χ1n) is 8.09. The highest BCUT2D eigenvalue weighted by Crippen LogP contribution is 2.16. The van der Waals surface area contributed by atoms with Crippen LogP contribution < -0.4 is 4.90 Å². The molecule has 0 N–H and O–H groups in total. The Bertz CT molecular complexity index is 536. The summed E-state index contributed by atoms with van der Waals surface area (Å²) < 4.78 is 0. The predicted molar refractivity (Wildman–Crippen MR) is 90.3 cm³/mol. The Morgan fingerprint density at radius 1 is 1.17 bits per heavy atom. The number of anilines is 1. The van der Waals surface area contributed by atoms with Crippen LogP contribution in [-0.4, -0.2) is 66.2 Å². The van der Waals surface area contributed by atoms with Gasteiger partial charge in [0.1, 0.15) is 5.78 Å². The van der Waals surface area contributed by atoms with Crippen LogP contribution in [0.1, 0.15) is 26.0 Å². The maximum atomic E-state index is 11.4. The fraction of sp³-hybridized carbons (Fsp3) is 0.588. The number of amides is 1. The van der Waals surface area contributed by atoms with Gasteiger partial charge in [0, 0.05) is 52.6 Å². The highest BCUT2D eigenvalue weighted by atomic mass is 16.2. The quantitative estimate of drug-likeness (QED) is 0.788. The molecule has 2 rings (SSSR count). The van der Waals surface area contributed by atoms with Crippen molar-refractivity contribution in [2.45, 2.75) is 26.8 Å². The number of Topliss-reactive ketones (excluding diaryl/α,β-unsaturated/α-hetero) is 1. The maximum absolute atomic E-state index is 11.4. The molecule has 1 aromatic heterocycles. The third kappa shape index (κ3) is 5.32. The lowest BCUT2D eigenvalue weighted by molar-refractivity contribution is -0.129. The SMILES string of the molecule is CC(=O)CCN(C)Cc1ccc(N2CCN(C(C)=O)CC2)cn1. The van der Waals surface area contributed by atoms with Gasteiger partial charge in [-0.15, -0.1) is 0 Å². The molecule has 6 nitrogen and oxygen atoms in total. The van der Waals surface area contributed by atoms with E-state index in [0.29, 0.717) is 6.42 Å². The van der Waals surface area contributed by atoms with Gasteiger partial charge in [-0.3, -0.25) is 14.6 Å². The normalized spacial score (nSPS) is 15.1. The third-order valence-corrected chi connectivity index (χ3v) is 4.18. The number of hydrogen-bond acceptors (Lipinski definition) is 5. The van der Waals surface area contributed by atoms with E-state index < -0.39 is 0 Å². The summed E-state index contributed by atoms with van der Waals surface area (Å²) in [5, 5.41) is 0. The fourth-order valence-electron chi connectivity index (χ4n) is 2.68. The Morgan fingerprint density at radius 3 is 2.39 bits per heavy atom. The number of nitrogens with zero attached hydrogens (tertiary/aromatic N) is 4. The van der Waals surface area contributed by atoms with Crippen LogP contribution in [0.4, 0.5) is 5.69 Å². The van der Waals surface area contributed by atoms with Crippen molar-refractivity contribution in [3.05, 3.63) is 24.0 Å². The minimum Gasteiger partial charge on any atom is -0.367 e. The highest BCUT2D eigenvalue weighted by molar-refractivity contribution is 5.75. The molecule has 0 bridgehead atoms. The average Bonchev–Trinajstić information content (AvgIpc) is 2.54. The van der Waals surface area contributed by atoms with E-state index in [4.69, 9.17) is 0 Å². The summed E-state index contributed by atoms with van der Waals surface area (Å²) in [7, 11) is 2.00. The Morgan fingerprint density at radius 2 is 1.87 bits per heavy atom. The molecule has 126 valence electrons. The molecule has 0 aliphatic carbocycles. The first kappa shape index (κ1) is 17.4. The molecule has 0 spiro atoms. The number of carbonyl (C=O) groups excluding carboxylic acids is 2. The number of rotatable bonds is 6. The van der Waals surface area contributed by atoms with Crippen molar-refractivity contribution < 1.29 is 9.59 Å². The molecule has 2 heterocycles. The van der Waals surface area contributed by atoms with Gasteiger partial charge >= 0.3 is 0 Å². The summed E-state index contributed by atoms with van der Waals surface area (Å²) in [6.07, 6.45) is 2.48. The highest BCUT2D eigenvalue weighted by Gasteiger charge is 2.18. The van der Waals surface area contributed by atoms with Gasteiger partial charge in [0.2, 0.25) is 5.91 Å². The molecule has 0 atom stereocenters. The Hall–Kier alpha value is -1.95. The Labute approximate surface area is 138 Å². The largest absolute Gasteiger partial charge is 0.367 e. The maximum Gasteiger partial charge on any atom is 0.219 e. The van der Waals surface area contributed by atoms with E-state index in [1.54, 1.807) is 13.8 Å². The molecule has 1 aliphatic heterocycles. The Kier molecular flexibility index (Phi) is 6.10. The molecule has 0 aromatic carbocycles. The first-order chi connectivity index (χ1) is 11.0. The van der Waals surface area contributed by atoms with Crippen LogP contribution >= 0.6 is 0 Å². The van der Waals surface area contributed by atoms with Gasteiger partial charge in [0.05, 0.1) is 17.6 Å². The summed E-state index contributed by atoms with van der Waals surface area (Å²) in [6.45, 7) is 7.97. The van der Waals surface area contributed by atoms with Crippen molar-refractivity contribution in [3.8, 4) is 0 Å². The van der Waals surface area contributed by atoms with Gasteiger partial charge in [0.25, 0.3) is 0 Å². The van der Waals surface area contributed by atoms with Gasteiger partial charge in [-0.2, -0.15) is 0 Å². The van der Waals surface area contributed by atoms with Crippen LogP contribution in [0.5, 0.6) is 0 Å². The van der Waals surface area contributed by atoms with E-state index >= 15 is 0 Å². The second-order valence-electron chi connectivity index (χ2n) is 6.19. The number of aromatic nitrogens is 1. The molecular weight excluding hydrogens is 292 g/mol. The molecule has 0 radical (unpaired) electrons. The molecule has 1 aromatic rings. The van der Waals surface area contributed by atoms with E-state index in [1.807, 2.05) is 24.2 Å². The number of carbonyl (C=O) groups is 2. The van der Waals surface area contributed by atoms with E-state index in [2.05, 4.69) is 20.9 Å². The molecule has 1 aliphatic rings. The molecule has 1 fully saturated rings. The zero-order valence-electron chi connectivity index (χ0n) is 14.3. The van der Waals surface area contributed by atoms with Gasteiger partial charge in [-0.1, -0.05) is 0 Å².